The summed E-state index contributed by atoms with van der Waals surface area (Å²) in [6.07, 6.45) is 0. The average Bonchev–Trinajstić information content (AvgIpc) is 3.60. The molecule has 1 aliphatic carbocycles. The maximum Gasteiger partial charge on any atom is 0.0713 e. The van der Waals surface area contributed by atoms with Gasteiger partial charge in [0.2, 0.25) is 0 Å². The third-order valence-corrected chi connectivity index (χ3v) is 11.7. The smallest absolute Gasteiger partial charge is 0.0622 e. The topological polar surface area (TPSA) is 0 Å². The molecule has 0 saturated heterocycles. The van der Waals surface area contributed by atoms with Gasteiger partial charge in [0.25, 0.3) is 0 Å². The molecular weight excluding hydrogens is 673 g/mol. The van der Waals surface area contributed by atoms with E-state index in [-0.39, 0.29) is 5.92 Å². The van der Waals surface area contributed by atoms with E-state index in [9.17, 15) is 0 Å². The lowest BCUT2D eigenvalue weighted by molar-refractivity contribution is 0.767. The van der Waals surface area contributed by atoms with Crippen LogP contribution in [0.1, 0.15) is 44.9 Å². The predicted molar refractivity (Wildman–Crippen MR) is 234 cm³/mol. The van der Waals surface area contributed by atoms with Crippen molar-refractivity contribution in [3.05, 3.63) is 276 Å². The summed E-state index contributed by atoms with van der Waals surface area (Å²) in [6.45, 7) is 0. The lowest BCUT2D eigenvalue weighted by Crippen LogP contribution is -2.28. The van der Waals surface area contributed by atoms with Crippen LogP contribution in [0, 0.1) is 0 Å². The standard InChI is InChI=1S/C56H40/c1-6-19-40(20-7-1)43-33-35-44(36-34-43)54(47-38-45(41-21-8-2-9-22-41)37-46(39-47)42-23-10-3-11-24-42)51-30-18-32-53-55(51)50-29-16-17-31-52(50)56(53,48-25-12-4-13-26-48)49-27-14-5-15-28-49/h1-39,54H. The van der Waals surface area contributed by atoms with Gasteiger partial charge in [-0.2, -0.15) is 0 Å². The van der Waals surface area contributed by atoms with Gasteiger partial charge >= 0.3 is 0 Å². The Morgan fingerprint density at radius 2 is 0.714 bits per heavy atom. The quantitative estimate of drug-likeness (QED) is 0.138. The van der Waals surface area contributed by atoms with Crippen LogP contribution in [0.25, 0.3) is 44.5 Å². The molecule has 1 aliphatic rings. The SMILES string of the molecule is c1ccc(-c2ccc(C(c3cc(-c4ccccc4)cc(-c4ccccc4)c3)c3cccc4c3-c3ccccc3C4(c3ccccc3)c3ccccc3)cc2)cc1. The number of fused-ring (bicyclic) bond motifs is 3. The van der Waals surface area contributed by atoms with Crippen LogP contribution in [0.3, 0.4) is 0 Å². The van der Waals surface area contributed by atoms with E-state index in [1.54, 1.807) is 0 Å². The van der Waals surface area contributed by atoms with E-state index >= 15 is 0 Å². The Kier molecular flexibility index (Phi) is 8.58. The van der Waals surface area contributed by atoms with Gasteiger partial charge in [0, 0.05) is 5.92 Å². The van der Waals surface area contributed by atoms with Gasteiger partial charge in [-0.05, 0) is 89.5 Å². The second kappa shape index (κ2) is 14.3. The van der Waals surface area contributed by atoms with Crippen LogP contribution in [0.5, 0.6) is 0 Å². The van der Waals surface area contributed by atoms with Gasteiger partial charge in [0.05, 0.1) is 5.41 Å². The molecule has 0 bridgehead atoms. The van der Waals surface area contributed by atoms with Crippen molar-refractivity contribution in [1.82, 2.24) is 0 Å². The van der Waals surface area contributed by atoms with Crippen LogP contribution in [0.4, 0.5) is 0 Å². The zero-order chi connectivity index (χ0) is 37.3. The van der Waals surface area contributed by atoms with E-state index < -0.39 is 5.41 Å². The molecule has 56 heavy (non-hydrogen) atoms. The summed E-state index contributed by atoms with van der Waals surface area (Å²) in [4.78, 5) is 0. The van der Waals surface area contributed by atoms with Crippen molar-refractivity contribution in [2.45, 2.75) is 11.3 Å². The molecule has 10 rings (SSSR count). The summed E-state index contributed by atoms with van der Waals surface area (Å²) in [5, 5.41) is 0. The lowest BCUT2D eigenvalue weighted by atomic mass is 9.67. The summed E-state index contributed by atoms with van der Waals surface area (Å²) in [6, 6.07) is 87.2. The Labute approximate surface area is 330 Å². The van der Waals surface area contributed by atoms with Crippen molar-refractivity contribution >= 4 is 0 Å². The Hall–Kier alpha value is -7.02. The molecular formula is C56H40. The monoisotopic (exact) mass is 712 g/mol. The minimum atomic E-state index is -0.479. The van der Waals surface area contributed by atoms with Gasteiger partial charge in [-0.3, -0.25) is 0 Å². The van der Waals surface area contributed by atoms with Crippen LogP contribution in [-0.2, 0) is 5.41 Å². The predicted octanol–water partition coefficient (Wildman–Crippen LogP) is 14.2. The highest BCUT2D eigenvalue weighted by Crippen LogP contribution is 2.58. The molecule has 264 valence electrons. The van der Waals surface area contributed by atoms with Gasteiger partial charge in [-0.1, -0.05) is 231 Å². The molecule has 0 spiro atoms. The molecule has 0 N–H and O–H groups in total. The fourth-order valence-corrected chi connectivity index (χ4v) is 9.23. The first kappa shape index (κ1) is 33.5. The zero-order valence-corrected chi connectivity index (χ0v) is 31.1. The van der Waals surface area contributed by atoms with Crippen molar-refractivity contribution in [2.24, 2.45) is 0 Å². The maximum absolute atomic E-state index is 2.43. The molecule has 0 aromatic heterocycles. The van der Waals surface area contributed by atoms with Crippen LogP contribution in [-0.4, -0.2) is 0 Å². The first-order valence-electron chi connectivity index (χ1n) is 19.5. The molecule has 0 nitrogen and oxygen atoms in total. The van der Waals surface area contributed by atoms with Crippen LogP contribution >= 0.6 is 0 Å². The van der Waals surface area contributed by atoms with E-state index in [1.165, 1.54) is 83.5 Å². The van der Waals surface area contributed by atoms with Gasteiger partial charge in [0.15, 0.2) is 0 Å². The van der Waals surface area contributed by atoms with Crippen molar-refractivity contribution in [3.8, 4) is 44.5 Å². The van der Waals surface area contributed by atoms with Gasteiger partial charge < -0.3 is 0 Å². The Morgan fingerprint density at radius 3 is 1.25 bits per heavy atom. The number of rotatable bonds is 8. The molecule has 9 aromatic carbocycles. The first-order valence-corrected chi connectivity index (χ1v) is 19.5. The summed E-state index contributed by atoms with van der Waals surface area (Å²) >= 11 is 0. The number of hydrogen-bond acceptors (Lipinski definition) is 0. The maximum atomic E-state index is 2.43. The van der Waals surface area contributed by atoms with Crippen molar-refractivity contribution < 1.29 is 0 Å². The third-order valence-electron chi connectivity index (χ3n) is 11.7. The molecule has 1 atom stereocenters. The lowest BCUT2D eigenvalue weighted by Gasteiger charge is -2.34. The van der Waals surface area contributed by atoms with Crippen molar-refractivity contribution in [1.29, 1.82) is 0 Å². The molecule has 1 unspecified atom stereocenters. The molecule has 0 heterocycles. The van der Waals surface area contributed by atoms with Crippen molar-refractivity contribution in [2.75, 3.05) is 0 Å². The zero-order valence-electron chi connectivity index (χ0n) is 31.1. The molecule has 0 saturated carbocycles. The minimum Gasteiger partial charge on any atom is -0.0622 e. The van der Waals surface area contributed by atoms with Crippen molar-refractivity contribution in [3.63, 3.8) is 0 Å². The molecule has 0 amide bonds. The Morgan fingerprint density at radius 1 is 0.286 bits per heavy atom. The van der Waals surface area contributed by atoms with E-state index in [1.807, 2.05) is 0 Å². The minimum absolute atomic E-state index is 0.0590. The molecule has 0 fully saturated rings. The van der Waals surface area contributed by atoms with Gasteiger partial charge in [-0.25, -0.2) is 0 Å². The molecule has 0 radical (unpaired) electrons. The average molecular weight is 713 g/mol. The second-order valence-corrected chi connectivity index (χ2v) is 14.8. The van der Waals surface area contributed by atoms with Crippen LogP contribution in [0.2, 0.25) is 0 Å². The summed E-state index contributed by atoms with van der Waals surface area (Å²) < 4.78 is 0. The summed E-state index contributed by atoms with van der Waals surface area (Å²) in [5.74, 6) is -0.0590. The van der Waals surface area contributed by atoms with Gasteiger partial charge in [-0.15, -0.1) is 0 Å². The summed E-state index contributed by atoms with van der Waals surface area (Å²) in [7, 11) is 0. The second-order valence-electron chi connectivity index (χ2n) is 14.8. The van der Waals surface area contributed by atoms with E-state index in [0.717, 1.165) is 0 Å². The highest BCUT2D eigenvalue weighted by atomic mass is 14.5. The van der Waals surface area contributed by atoms with E-state index in [2.05, 4.69) is 237 Å². The number of hydrogen-bond donors (Lipinski definition) is 0. The fourth-order valence-electron chi connectivity index (χ4n) is 9.23. The fraction of sp³-hybridized carbons (Fsp3) is 0.0357. The van der Waals surface area contributed by atoms with Gasteiger partial charge in [0.1, 0.15) is 0 Å². The molecule has 0 heteroatoms. The number of benzene rings is 9. The first-order chi connectivity index (χ1) is 27.8. The highest BCUT2D eigenvalue weighted by molar-refractivity contribution is 5.89. The van der Waals surface area contributed by atoms with Crippen LogP contribution < -0.4 is 0 Å². The normalized spacial score (nSPS) is 13.1. The molecule has 9 aromatic rings. The Bertz CT molecular complexity index is 2650. The largest absolute Gasteiger partial charge is 0.0713 e. The summed E-state index contributed by atoms with van der Waals surface area (Å²) in [5.41, 5.74) is 18.4. The Balaban J connectivity index is 1.28. The van der Waals surface area contributed by atoms with Crippen LogP contribution in [0.15, 0.2) is 237 Å². The third kappa shape index (κ3) is 5.70. The highest BCUT2D eigenvalue weighted by Gasteiger charge is 2.47. The van der Waals surface area contributed by atoms with E-state index in [0.29, 0.717) is 0 Å². The van der Waals surface area contributed by atoms with E-state index in [4.69, 9.17) is 0 Å². The molecule has 0 aliphatic heterocycles.